The van der Waals surface area contributed by atoms with Crippen molar-refractivity contribution in [2.45, 2.75) is 37.8 Å². The normalized spacial score (nSPS) is 21.2. The van der Waals surface area contributed by atoms with Gasteiger partial charge in [-0.3, -0.25) is 9.79 Å². The Hall–Kier alpha value is -2.09. The maximum Gasteiger partial charge on any atom is 0.227 e. The minimum Gasteiger partial charge on any atom is -0.353 e. The number of benzene rings is 2. The molecule has 0 aromatic heterocycles. The third-order valence-electron chi connectivity index (χ3n) is 5.35. The molecule has 2 aromatic carbocycles. The molecule has 2 unspecified atom stereocenters. The minimum atomic E-state index is 0. The van der Waals surface area contributed by atoms with Crippen molar-refractivity contribution in [2.24, 2.45) is 4.99 Å². The zero-order valence-corrected chi connectivity index (χ0v) is 18.4. The average Bonchev–Trinajstić information content (AvgIpc) is 3.36. The molecule has 1 saturated carbocycles. The van der Waals surface area contributed by atoms with Gasteiger partial charge in [0.1, 0.15) is 0 Å². The molecule has 1 saturated heterocycles. The summed E-state index contributed by atoms with van der Waals surface area (Å²) in [6.07, 6.45) is 2.76. The summed E-state index contributed by atoms with van der Waals surface area (Å²) in [6.45, 7) is 1.54. The molecule has 1 aliphatic heterocycles. The van der Waals surface area contributed by atoms with Crippen molar-refractivity contribution in [3.05, 3.63) is 65.7 Å². The Morgan fingerprint density at radius 1 is 1.14 bits per heavy atom. The summed E-state index contributed by atoms with van der Waals surface area (Å²) in [4.78, 5) is 18.1. The SMILES string of the molecule is CN=C(NCc1ccc(N2CCCC2=O)cc1)NC1CC1c1ccccc1.I. The van der Waals surface area contributed by atoms with Crippen molar-refractivity contribution in [1.82, 2.24) is 10.6 Å². The number of nitrogens with one attached hydrogen (secondary N) is 2. The van der Waals surface area contributed by atoms with E-state index in [0.717, 1.165) is 31.0 Å². The van der Waals surface area contributed by atoms with Gasteiger partial charge in [-0.05, 0) is 36.1 Å². The van der Waals surface area contributed by atoms with E-state index in [2.05, 4.69) is 58.1 Å². The molecule has 0 spiro atoms. The number of amides is 1. The highest BCUT2D eigenvalue weighted by molar-refractivity contribution is 14.0. The molecule has 28 heavy (non-hydrogen) atoms. The third-order valence-corrected chi connectivity index (χ3v) is 5.35. The van der Waals surface area contributed by atoms with E-state index in [1.165, 1.54) is 11.1 Å². The summed E-state index contributed by atoms with van der Waals surface area (Å²) in [6, 6.07) is 19.3. The van der Waals surface area contributed by atoms with Crippen molar-refractivity contribution < 1.29 is 4.79 Å². The van der Waals surface area contributed by atoms with Crippen molar-refractivity contribution in [2.75, 3.05) is 18.5 Å². The van der Waals surface area contributed by atoms with Gasteiger partial charge >= 0.3 is 0 Å². The largest absolute Gasteiger partial charge is 0.353 e. The fourth-order valence-electron chi connectivity index (χ4n) is 3.69. The second-order valence-electron chi connectivity index (χ2n) is 7.24. The summed E-state index contributed by atoms with van der Waals surface area (Å²) in [5.41, 5.74) is 3.55. The number of halogens is 1. The van der Waals surface area contributed by atoms with Crippen LogP contribution in [0.3, 0.4) is 0 Å². The second-order valence-corrected chi connectivity index (χ2v) is 7.24. The number of carbonyl (C=O) groups is 1. The quantitative estimate of drug-likeness (QED) is 0.382. The first kappa shape index (κ1) is 20.6. The van der Waals surface area contributed by atoms with Crippen LogP contribution in [0.1, 0.15) is 36.3 Å². The Balaban J connectivity index is 0.00000225. The van der Waals surface area contributed by atoms with Gasteiger partial charge in [0, 0.05) is 44.2 Å². The first-order chi connectivity index (χ1) is 13.2. The van der Waals surface area contributed by atoms with Crippen molar-refractivity contribution in [3.63, 3.8) is 0 Å². The molecule has 1 amide bonds. The molecule has 2 N–H and O–H groups in total. The van der Waals surface area contributed by atoms with Crippen LogP contribution in [0.5, 0.6) is 0 Å². The van der Waals surface area contributed by atoms with Crippen molar-refractivity contribution in [1.29, 1.82) is 0 Å². The molecule has 1 heterocycles. The van der Waals surface area contributed by atoms with Crippen LogP contribution in [0.4, 0.5) is 5.69 Å². The molecular formula is C22H27IN4O. The Bertz CT molecular complexity index is 822. The molecule has 0 radical (unpaired) electrons. The lowest BCUT2D eigenvalue weighted by Crippen LogP contribution is -2.38. The van der Waals surface area contributed by atoms with Crippen LogP contribution in [0, 0.1) is 0 Å². The fraction of sp³-hybridized carbons (Fsp3) is 0.364. The number of hydrogen-bond acceptors (Lipinski definition) is 2. The van der Waals surface area contributed by atoms with Gasteiger partial charge < -0.3 is 15.5 Å². The highest BCUT2D eigenvalue weighted by atomic mass is 127. The first-order valence-corrected chi connectivity index (χ1v) is 9.66. The van der Waals surface area contributed by atoms with Crippen LogP contribution >= 0.6 is 24.0 Å². The first-order valence-electron chi connectivity index (χ1n) is 9.66. The highest BCUT2D eigenvalue weighted by Gasteiger charge is 2.38. The molecule has 6 heteroatoms. The second kappa shape index (κ2) is 9.41. The highest BCUT2D eigenvalue weighted by Crippen LogP contribution is 2.40. The number of hydrogen-bond donors (Lipinski definition) is 2. The number of guanidine groups is 1. The van der Waals surface area contributed by atoms with Crippen LogP contribution in [0.2, 0.25) is 0 Å². The predicted molar refractivity (Wildman–Crippen MR) is 124 cm³/mol. The lowest BCUT2D eigenvalue weighted by atomic mass is 10.1. The zero-order chi connectivity index (χ0) is 18.6. The topological polar surface area (TPSA) is 56.7 Å². The number of rotatable bonds is 5. The Kier molecular flexibility index (Phi) is 6.93. The molecule has 5 nitrogen and oxygen atoms in total. The lowest BCUT2D eigenvalue weighted by molar-refractivity contribution is -0.117. The van der Waals surface area contributed by atoms with Gasteiger partial charge in [0.25, 0.3) is 0 Å². The van der Waals surface area contributed by atoms with Crippen molar-refractivity contribution in [3.8, 4) is 0 Å². The monoisotopic (exact) mass is 490 g/mol. The van der Waals surface area contributed by atoms with E-state index in [0.29, 0.717) is 24.9 Å². The standard InChI is InChI=1S/C22H26N4O.HI/c1-23-22(25-20-14-19(20)17-6-3-2-4-7-17)24-15-16-9-11-18(12-10-16)26-13-5-8-21(26)27;/h2-4,6-7,9-12,19-20H,5,8,13-15H2,1H3,(H2,23,24,25);1H. The van der Waals surface area contributed by atoms with Crippen LogP contribution in [-0.2, 0) is 11.3 Å². The van der Waals surface area contributed by atoms with E-state index >= 15 is 0 Å². The third kappa shape index (κ3) is 4.84. The van der Waals surface area contributed by atoms with Gasteiger partial charge in [0.2, 0.25) is 5.91 Å². The van der Waals surface area contributed by atoms with Gasteiger partial charge in [-0.15, -0.1) is 24.0 Å². The molecule has 148 valence electrons. The van der Waals surface area contributed by atoms with Crippen LogP contribution < -0.4 is 15.5 Å². The molecular weight excluding hydrogens is 463 g/mol. The smallest absolute Gasteiger partial charge is 0.227 e. The van der Waals surface area contributed by atoms with Crippen LogP contribution in [0.25, 0.3) is 0 Å². The molecule has 2 aromatic rings. The van der Waals surface area contributed by atoms with E-state index in [1.807, 2.05) is 17.0 Å². The molecule has 0 bridgehead atoms. The maximum absolute atomic E-state index is 11.8. The summed E-state index contributed by atoms with van der Waals surface area (Å²) in [7, 11) is 1.80. The van der Waals surface area contributed by atoms with E-state index in [4.69, 9.17) is 0 Å². The van der Waals surface area contributed by atoms with Gasteiger partial charge in [-0.25, -0.2) is 0 Å². The maximum atomic E-state index is 11.8. The van der Waals surface area contributed by atoms with Crippen LogP contribution in [-0.4, -0.2) is 31.5 Å². The van der Waals surface area contributed by atoms with E-state index < -0.39 is 0 Å². The molecule has 2 aliphatic rings. The Morgan fingerprint density at radius 3 is 2.54 bits per heavy atom. The Morgan fingerprint density at radius 2 is 1.89 bits per heavy atom. The lowest BCUT2D eigenvalue weighted by Gasteiger charge is -2.16. The van der Waals surface area contributed by atoms with Gasteiger partial charge in [-0.1, -0.05) is 42.5 Å². The number of carbonyl (C=O) groups excluding carboxylic acids is 1. The summed E-state index contributed by atoms with van der Waals surface area (Å²) in [5, 5.41) is 6.89. The van der Waals surface area contributed by atoms with Gasteiger partial charge in [0.05, 0.1) is 0 Å². The van der Waals surface area contributed by atoms with E-state index in [9.17, 15) is 4.79 Å². The zero-order valence-electron chi connectivity index (χ0n) is 16.1. The van der Waals surface area contributed by atoms with E-state index in [-0.39, 0.29) is 29.9 Å². The number of nitrogens with zero attached hydrogens (tertiary/aromatic N) is 2. The minimum absolute atomic E-state index is 0. The van der Waals surface area contributed by atoms with Gasteiger partial charge in [-0.2, -0.15) is 0 Å². The summed E-state index contributed by atoms with van der Waals surface area (Å²) in [5.74, 6) is 1.63. The Labute approximate surface area is 183 Å². The number of anilines is 1. The molecule has 2 atom stereocenters. The summed E-state index contributed by atoms with van der Waals surface area (Å²) >= 11 is 0. The molecule has 1 aliphatic carbocycles. The average molecular weight is 490 g/mol. The van der Waals surface area contributed by atoms with Gasteiger partial charge in [0.15, 0.2) is 5.96 Å². The van der Waals surface area contributed by atoms with Crippen molar-refractivity contribution >= 4 is 41.5 Å². The molecule has 2 fully saturated rings. The predicted octanol–water partition coefficient (Wildman–Crippen LogP) is 3.65. The van der Waals surface area contributed by atoms with E-state index in [1.54, 1.807) is 7.05 Å². The van der Waals surface area contributed by atoms with Crippen LogP contribution in [0.15, 0.2) is 59.6 Å². The molecule has 4 rings (SSSR count). The summed E-state index contributed by atoms with van der Waals surface area (Å²) < 4.78 is 0. The fourth-order valence-corrected chi connectivity index (χ4v) is 3.69. The number of aliphatic imine (C=N–C) groups is 1.